The molecular formula is C9H17ClN2O3. The van der Waals surface area contributed by atoms with Gasteiger partial charge in [-0.15, -0.1) is 11.6 Å². The molecule has 88 valence electrons. The standard InChI is InChI=1S/C9H17ClN2O3/c1-6(2)15-5-4-11-9(14)12-8(13)7(3)10/h6-7H,4-5H2,1-3H3,(H2,11,12,13,14). The number of nitrogens with one attached hydrogen (secondary N) is 2. The van der Waals surface area contributed by atoms with Gasteiger partial charge in [0.05, 0.1) is 12.7 Å². The molecular weight excluding hydrogens is 220 g/mol. The number of imide groups is 1. The molecule has 1 unspecified atom stereocenters. The lowest BCUT2D eigenvalue weighted by Crippen LogP contribution is -2.43. The summed E-state index contributed by atoms with van der Waals surface area (Å²) in [5.41, 5.74) is 0. The Hall–Kier alpha value is -0.810. The minimum absolute atomic E-state index is 0.124. The van der Waals surface area contributed by atoms with E-state index in [1.165, 1.54) is 6.92 Å². The van der Waals surface area contributed by atoms with Crippen molar-refractivity contribution in [3.8, 4) is 0 Å². The predicted molar refractivity (Wildman–Crippen MR) is 57.9 cm³/mol. The molecule has 0 aromatic carbocycles. The second-order valence-corrected chi connectivity index (χ2v) is 3.94. The summed E-state index contributed by atoms with van der Waals surface area (Å²) < 4.78 is 5.19. The minimum atomic E-state index is -0.720. The van der Waals surface area contributed by atoms with Crippen LogP contribution in [0.1, 0.15) is 20.8 Å². The number of hydrogen-bond acceptors (Lipinski definition) is 3. The van der Waals surface area contributed by atoms with Gasteiger partial charge in [-0.25, -0.2) is 4.79 Å². The van der Waals surface area contributed by atoms with Crippen molar-refractivity contribution in [3.05, 3.63) is 0 Å². The first-order chi connectivity index (χ1) is 6.93. The summed E-state index contributed by atoms with van der Waals surface area (Å²) in [6.45, 7) is 6.06. The maximum Gasteiger partial charge on any atom is 0.321 e. The lowest BCUT2D eigenvalue weighted by Gasteiger charge is -2.09. The van der Waals surface area contributed by atoms with Gasteiger partial charge in [-0.05, 0) is 20.8 Å². The Kier molecular flexibility index (Phi) is 7.07. The molecule has 1 atom stereocenters. The Morgan fingerprint density at radius 3 is 2.40 bits per heavy atom. The molecule has 0 fully saturated rings. The summed E-state index contributed by atoms with van der Waals surface area (Å²) in [7, 11) is 0. The fraction of sp³-hybridized carbons (Fsp3) is 0.778. The lowest BCUT2D eigenvalue weighted by atomic mass is 10.4. The highest BCUT2D eigenvalue weighted by atomic mass is 35.5. The van der Waals surface area contributed by atoms with E-state index in [2.05, 4.69) is 10.6 Å². The van der Waals surface area contributed by atoms with E-state index < -0.39 is 17.3 Å². The number of urea groups is 1. The molecule has 3 amide bonds. The number of halogens is 1. The van der Waals surface area contributed by atoms with Crippen LogP contribution in [-0.2, 0) is 9.53 Å². The molecule has 0 spiro atoms. The third-order valence-corrected chi connectivity index (χ3v) is 1.64. The number of hydrogen-bond donors (Lipinski definition) is 2. The quantitative estimate of drug-likeness (QED) is 0.550. The van der Waals surface area contributed by atoms with E-state index in [9.17, 15) is 9.59 Å². The van der Waals surface area contributed by atoms with E-state index in [1.807, 2.05) is 13.8 Å². The Balaban J connectivity index is 3.54. The van der Waals surface area contributed by atoms with E-state index in [0.717, 1.165) is 0 Å². The van der Waals surface area contributed by atoms with Gasteiger partial charge in [0, 0.05) is 6.54 Å². The summed E-state index contributed by atoms with van der Waals surface area (Å²) in [6.07, 6.45) is 0.124. The molecule has 6 heteroatoms. The fourth-order valence-corrected chi connectivity index (χ4v) is 0.769. The molecule has 0 bridgehead atoms. The van der Waals surface area contributed by atoms with E-state index in [1.54, 1.807) is 0 Å². The largest absolute Gasteiger partial charge is 0.377 e. The molecule has 0 rings (SSSR count). The highest BCUT2D eigenvalue weighted by Gasteiger charge is 2.11. The van der Waals surface area contributed by atoms with Crippen LogP contribution in [0.3, 0.4) is 0 Å². The second kappa shape index (κ2) is 7.48. The van der Waals surface area contributed by atoms with Gasteiger partial charge >= 0.3 is 6.03 Å². The van der Waals surface area contributed by atoms with E-state index in [-0.39, 0.29) is 6.10 Å². The van der Waals surface area contributed by atoms with Crippen molar-refractivity contribution in [1.82, 2.24) is 10.6 Å². The maximum absolute atomic E-state index is 11.0. The van der Waals surface area contributed by atoms with Crippen molar-refractivity contribution >= 4 is 23.5 Å². The Bertz CT molecular complexity index is 219. The lowest BCUT2D eigenvalue weighted by molar-refractivity contribution is -0.119. The number of amides is 3. The molecule has 0 aromatic heterocycles. The molecule has 0 aliphatic carbocycles. The minimum Gasteiger partial charge on any atom is -0.377 e. The first-order valence-electron chi connectivity index (χ1n) is 4.78. The zero-order chi connectivity index (χ0) is 11.8. The van der Waals surface area contributed by atoms with Crippen molar-refractivity contribution in [2.24, 2.45) is 0 Å². The molecule has 0 aliphatic rings. The van der Waals surface area contributed by atoms with Crippen LogP contribution < -0.4 is 10.6 Å². The van der Waals surface area contributed by atoms with Gasteiger partial charge in [0.1, 0.15) is 5.38 Å². The van der Waals surface area contributed by atoms with Crippen LogP contribution in [0.2, 0.25) is 0 Å². The number of alkyl halides is 1. The van der Waals surface area contributed by atoms with E-state index >= 15 is 0 Å². The number of rotatable bonds is 5. The third kappa shape index (κ3) is 8.20. The smallest absolute Gasteiger partial charge is 0.321 e. The third-order valence-electron chi connectivity index (χ3n) is 1.44. The van der Waals surface area contributed by atoms with Gasteiger partial charge in [-0.1, -0.05) is 0 Å². The van der Waals surface area contributed by atoms with Gasteiger partial charge in [0.15, 0.2) is 0 Å². The Labute approximate surface area is 94.5 Å². The highest BCUT2D eigenvalue weighted by Crippen LogP contribution is 1.91. The molecule has 2 N–H and O–H groups in total. The van der Waals surface area contributed by atoms with Crippen molar-refractivity contribution in [2.45, 2.75) is 32.3 Å². The number of carbonyl (C=O) groups excluding carboxylic acids is 2. The van der Waals surface area contributed by atoms with Crippen LogP contribution in [0.15, 0.2) is 0 Å². The topological polar surface area (TPSA) is 67.4 Å². The van der Waals surface area contributed by atoms with Crippen molar-refractivity contribution < 1.29 is 14.3 Å². The van der Waals surface area contributed by atoms with Gasteiger partial charge < -0.3 is 10.1 Å². The van der Waals surface area contributed by atoms with E-state index in [4.69, 9.17) is 16.3 Å². The molecule has 0 saturated carbocycles. The summed E-state index contributed by atoms with van der Waals surface area (Å²) in [4.78, 5) is 22.0. The van der Waals surface area contributed by atoms with E-state index in [0.29, 0.717) is 13.2 Å². The van der Waals surface area contributed by atoms with Crippen LogP contribution in [-0.4, -0.2) is 36.6 Å². The molecule has 0 heterocycles. The van der Waals surface area contributed by atoms with Crippen molar-refractivity contribution in [2.75, 3.05) is 13.2 Å². The zero-order valence-electron chi connectivity index (χ0n) is 9.17. The number of carbonyl (C=O) groups is 2. The maximum atomic E-state index is 11.0. The average Bonchev–Trinajstić information content (AvgIpc) is 2.12. The van der Waals surface area contributed by atoms with Crippen molar-refractivity contribution in [3.63, 3.8) is 0 Å². The molecule has 15 heavy (non-hydrogen) atoms. The van der Waals surface area contributed by atoms with Crippen LogP contribution in [0, 0.1) is 0 Å². The average molecular weight is 237 g/mol. The van der Waals surface area contributed by atoms with Crippen LogP contribution >= 0.6 is 11.6 Å². The molecule has 0 aromatic rings. The van der Waals surface area contributed by atoms with Gasteiger partial charge in [-0.2, -0.15) is 0 Å². The van der Waals surface area contributed by atoms with Crippen LogP contribution in [0.4, 0.5) is 4.79 Å². The van der Waals surface area contributed by atoms with Crippen LogP contribution in [0.25, 0.3) is 0 Å². The summed E-state index contributed by atoms with van der Waals surface area (Å²) in [6, 6.07) is -0.556. The van der Waals surface area contributed by atoms with Crippen molar-refractivity contribution in [1.29, 1.82) is 0 Å². The fourth-order valence-electron chi connectivity index (χ4n) is 0.715. The summed E-state index contributed by atoms with van der Waals surface area (Å²) in [5.74, 6) is -0.515. The zero-order valence-corrected chi connectivity index (χ0v) is 9.93. The highest BCUT2D eigenvalue weighted by molar-refractivity contribution is 6.31. The Morgan fingerprint density at radius 1 is 1.33 bits per heavy atom. The molecule has 5 nitrogen and oxygen atoms in total. The first kappa shape index (κ1) is 14.2. The van der Waals surface area contributed by atoms with Gasteiger partial charge in [0.2, 0.25) is 5.91 Å². The normalized spacial score (nSPS) is 12.3. The first-order valence-corrected chi connectivity index (χ1v) is 5.21. The SMILES string of the molecule is CC(C)OCCNC(=O)NC(=O)C(C)Cl. The monoisotopic (exact) mass is 236 g/mol. The second-order valence-electron chi connectivity index (χ2n) is 3.28. The van der Waals surface area contributed by atoms with Crippen LogP contribution in [0.5, 0.6) is 0 Å². The Morgan fingerprint density at radius 2 is 1.93 bits per heavy atom. The van der Waals surface area contributed by atoms with Gasteiger partial charge in [0.25, 0.3) is 0 Å². The predicted octanol–water partition coefficient (Wildman–Crippen LogP) is 0.865. The summed E-state index contributed by atoms with van der Waals surface area (Å²) in [5, 5.41) is 3.84. The van der Waals surface area contributed by atoms with Gasteiger partial charge in [-0.3, -0.25) is 10.1 Å². The summed E-state index contributed by atoms with van der Waals surface area (Å²) >= 11 is 5.46. The number of ether oxygens (including phenoxy) is 1. The molecule has 0 saturated heterocycles. The molecule has 0 radical (unpaired) electrons. The molecule has 0 aliphatic heterocycles.